The fourth-order valence-corrected chi connectivity index (χ4v) is 10.1. The Hall–Kier alpha value is -3.75. The molecule has 0 radical (unpaired) electrons. The van der Waals surface area contributed by atoms with Crippen LogP contribution in [-0.2, 0) is 15.3 Å². The van der Waals surface area contributed by atoms with Crippen LogP contribution in [0.15, 0.2) is 35.1 Å². The summed E-state index contributed by atoms with van der Waals surface area (Å²) in [4.78, 5) is 51.0. The topological polar surface area (TPSA) is 123 Å². The van der Waals surface area contributed by atoms with Crippen molar-refractivity contribution < 1.29 is 23.1 Å². The summed E-state index contributed by atoms with van der Waals surface area (Å²) in [6.07, 6.45) is 10.9. The van der Waals surface area contributed by atoms with Crippen molar-refractivity contribution in [2.75, 3.05) is 56.1 Å². The van der Waals surface area contributed by atoms with Crippen LogP contribution in [0.2, 0.25) is 0 Å². The Morgan fingerprint density at radius 2 is 1.63 bits per heavy atom. The molecule has 290 valence electrons. The summed E-state index contributed by atoms with van der Waals surface area (Å²) in [5.74, 6) is 0.465. The fraction of sp³-hybridized carbons (Fsp3) is 0.600. The number of benzene rings is 2. The van der Waals surface area contributed by atoms with Crippen LogP contribution in [0.25, 0.3) is 10.9 Å². The second-order valence-corrected chi connectivity index (χ2v) is 17.1. The number of H-pyrrole nitrogens is 1. The summed E-state index contributed by atoms with van der Waals surface area (Å²) in [7, 11) is 0. The van der Waals surface area contributed by atoms with Crippen LogP contribution in [0.4, 0.5) is 20.2 Å². The van der Waals surface area contributed by atoms with Gasteiger partial charge in [0, 0.05) is 67.8 Å². The quantitative estimate of drug-likeness (QED) is 0.218. The van der Waals surface area contributed by atoms with E-state index in [1.54, 1.807) is 18.2 Å². The van der Waals surface area contributed by atoms with Gasteiger partial charge in [0.1, 0.15) is 34.6 Å². The number of nitrogens with one attached hydrogen (secondary N) is 3. The number of rotatable bonds is 11. The standard InChI is InChI=1S/C40H51F2N7O4S/c41-31-18-26(43-33-7-9-37(50)46-39(33)51)6-8-35(31)48-16-12-27(13-17-48)49-21-28(22-49)47-14-10-25(11-15-47)23-53-29-19-32(42)38-34(20-29)44-36(45-40(38)52)24-54-30-4-2-1-3-5-30/h6,8,18-20,25,27-28,30,33,43H,1-5,7,9-17,21-24H2,(H,44,45,52)(H,46,50,51). The second kappa shape index (κ2) is 16.5. The lowest BCUT2D eigenvalue weighted by Crippen LogP contribution is -2.64. The van der Waals surface area contributed by atoms with E-state index in [1.165, 1.54) is 44.2 Å². The lowest BCUT2D eigenvalue weighted by molar-refractivity contribution is -0.133. The number of likely N-dealkylation sites (tertiary alicyclic amines) is 2. The van der Waals surface area contributed by atoms with E-state index in [0.29, 0.717) is 70.5 Å². The van der Waals surface area contributed by atoms with E-state index < -0.39 is 17.4 Å². The number of halogens is 2. The first-order valence-electron chi connectivity index (χ1n) is 19.9. The molecule has 4 saturated heterocycles. The van der Waals surface area contributed by atoms with Crippen molar-refractivity contribution in [3.05, 3.63) is 58.1 Å². The number of imide groups is 1. The summed E-state index contributed by atoms with van der Waals surface area (Å²) >= 11 is 1.83. The van der Waals surface area contributed by atoms with Gasteiger partial charge in [0.15, 0.2) is 0 Å². The molecule has 8 rings (SSSR count). The number of thioether (sulfide) groups is 1. The molecular weight excluding hydrogens is 713 g/mol. The SMILES string of the molecule is O=C1CCC(Nc2ccc(N3CCC(N4CC(N5CCC(COc6cc(F)c7c(=O)[nH]c(CSC8CCCCC8)nc7c6)CC5)C4)CC3)c(F)c2)C(=O)N1. The van der Waals surface area contributed by atoms with E-state index in [4.69, 9.17) is 4.74 Å². The molecule has 54 heavy (non-hydrogen) atoms. The van der Waals surface area contributed by atoms with Gasteiger partial charge in [-0.1, -0.05) is 19.3 Å². The zero-order valence-corrected chi connectivity index (χ0v) is 31.6. The van der Waals surface area contributed by atoms with Gasteiger partial charge < -0.3 is 19.9 Å². The molecule has 3 N–H and O–H groups in total. The molecule has 5 aliphatic rings. The molecule has 1 unspecified atom stereocenters. The molecule has 4 aliphatic heterocycles. The van der Waals surface area contributed by atoms with Crippen molar-refractivity contribution in [1.82, 2.24) is 25.1 Å². The minimum Gasteiger partial charge on any atom is -0.493 e. The normalized spacial score (nSPS) is 23.1. The average molecular weight is 764 g/mol. The second-order valence-electron chi connectivity index (χ2n) is 15.8. The zero-order chi connectivity index (χ0) is 37.2. The number of hydrogen-bond donors (Lipinski definition) is 3. The number of anilines is 2. The van der Waals surface area contributed by atoms with E-state index >= 15 is 8.78 Å². The lowest BCUT2D eigenvalue weighted by atomic mass is 9.92. The number of piperidine rings is 3. The number of carbonyl (C=O) groups excluding carboxylic acids is 2. The minimum atomic E-state index is -0.597. The lowest BCUT2D eigenvalue weighted by Gasteiger charge is -2.52. The molecular formula is C40H51F2N7O4S. The number of carbonyl (C=O) groups is 2. The third kappa shape index (κ3) is 8.55. The first-order valence-corrected chi connectivity index (χ1v) is 20.9. The van der Waals surface area contributed by atoms with E-state index in [1.807, 2.05) is 11.8 Å². The maximum atomic E-state index is 15.2. The molecule has 2 amide bonds. The number of hydrogen-bond acceptors (Lipinski definition) is 10. The third-order valence-electron chi connectivity index (χ3n) is 12.2. The number of fused-ring (bicyclic) bond motifs is 1. The zero-order valence-electron chi connectivity index (χ0n) is 30.8. The van der Waals surface area contributed by atoms with Crippen molar-refractivity contribution in [2.24, 2.45) is 5.92 Å². The Bertz CT molecular complexity index is 1890. The molecule has 5 fully saturated rings. The molecule has 1 aliphatic carbocycles. The highest BCUT2D eigenvalue weighted by Gasteiger charge is 2.38. The first kappa shape index (κ1) is 37.2. The smallest absolute Gasteiger partial charge is 0.261 e. The Labute approximate surface area is 319 Å². The summed E-state index contributed by atoms with van der Waals surface area (Å²) in [6, 6.07) is 8.56. The predicted octanol–water partition coefficient (Wildman–Crippen LogP) is 5.43. The molecule has 0 bridgehead atoms. The van der Waals surface area contributed by atoms with Crippen molar-refractivity contribution in [3.63, 3.8) is 0 Å². The van der Waals surface area contributed by atoms with Gasteiger partial charge in [-0.2, -0.15) is 11.8 Å². The number of ether oxygens (including phenoxy) is 1. The maximum Gasteiger partial charge on any atom is 0.261 e. The number of amides is 2. The minimum absolute atomic E-state index is 0.0102. The first-order chi connectivity index (χ1) is 26.3. The number of nitrogens with zero attached hydrogens (tertiary/aromatic N) is 4. The molecule has 5 heterocycles. The van der Waals surface area contributed by atoms with E-state index in [2.05, 4.69) is 35.3 Å². The van der Waals surface area contributed by atoms with Gasteiger partial charge in [-0.05, 0) is 82.2 Å². The summed E-state index contributed by atoms with van der Waals surface area (Å²) < 4.78 is 36.3. The van der Waals surface area contributed by atoms with Crippen LogP contribution in [-0.4, -0.2) is 101 Å². The van der Waals surface area contributed by atoms with Gasteiger partial charge in [0.25, 0.3) is 5.56 Å². The molecule has 1 saturated carbocycles. The Balaban J connectivity index is 0.756. The van der Waals surface area contributed by atoms with Crippen LogP contribution in [0.1, 0.15) is 76.5 Å². The van der Waals surface area contributed by atoms with Crippen LogP contribution >= 0.6 is 11.8 Å². The van der Waals surface area contributed by atoms with Crippen LogP contribution < -0.4 is 25.8 Å². The van der Waals surface area contributed by atoms with Crippen molar-refractivity contribution in [2.45, 2.75) is 99.8 Å². The monoisotopic (exact) mass is 763 g/mol. The molecule has 3 aromatic rings. The Morgan fingerprint density at radius 3 is 2.37 bits per heavy atom. The third-order valence-corrected chi connectivity index (χ3v) is 13.6. The number of aromatic nitrogens is 2. The molecule has 0 spiro atoms. The summed E-state index contributed by atoms with van der Waals surface area (Å²) in [5, 5.41) is 5.97. The van der Waals surface area contributed by atoms with Gasteiger partial charge in [-0.3, -0.25) is 29.5 Å². The molecule has 11 nitrogen and oxygen atoms in total. The van der Waals surface area contributed by atoms with Gasteiger partial charge in [0.2, 0.25) is 11.8 Å². The largest absolute Gasteiger partial charge is 0.493 e. The van der Waals surface area contributed by atoms with Gasteiger partial charge in [-0.25, -0.2) is 13.8 Å². The van der Waals surface area contributed by atoms with E-state index in [0.717, 1.165) is 65.0 Å². The van der Waals surface area contributed by atoms with E-state index in [9.17, 15) is 14.4 Å². The Morgan fingerprint density at radius 1 is 0.852 bits per heavy atom. The fourth-order valence-electron chi connectivity index (χ4n) is 8.90. The molecule has 1 atom stereocenters. The highest BCUT2D eigenvalue weighted by atomic mass is 32.2. The summed E-state index contributed by atoms with van der Waals surface area (Å²) in [5.41, 5.74) is 1.04. The molecule has 14 heteroatoms. The van der Waals surface area contributed by atoms with Crippen molar-refractivity contribution >= 4 is 45.9 Å². The van der Waals surface area contributed by atoms with Crippen LogP contribution in [0, 0.1) is 17.6 Å². The molecule has 1 aromatic heterocycles. The van der Waals surface area contributed by atoms with E-state index in [-0.39, 0.29) is 29.4 Å². The number of aromatic amines is 1. The molecule has 2 aromatic carbocycles. The highest BCUT2D eigenvalue weighted by molar-refractivity contribution is 7.99. The Kier molecular flexibility index (Phi) is 11.4. The predicted molar refractivity (Wildman–Crippen MR) is 207 cm³/mol. The average Bonchev–Trinajstić information content (AvgIpc) is 3.15. The van der Waals surface area contributed by atoms with Gasteiger partial charge >= 0.3 is 0 Å². The highest BCUT2D eigenvalue weighted by Crippen LogP contribution is 2.33. The van der Waals surface area contributed by atoms with Crippen molar-refractivity contribution in [1.29, 1.82) is 0 Å². The van der Waals surface area contributed by atoms with Gasteiger partial charge in [0.05, 0.1) is 23.6 Å². The van der Waals surface area contributed by atoms with Crippen LogP contribution in [0.3, 0.4) is 0 Å². The van der Waals surface area contributed by atoms with Crippen molar-refractivity contribution in [3.8, 4) is 5.75 Å². The van der Waals surface area contributed by atoms with Gasteiger partial charge in [-0.15, -0.1) is 0 Å². The van der Waals surface area contributed by atoms with Crippen LogP contribution in [0.5, 0.6) is 5.75 Å². The maximum absolute atomic E-state index is 15.2. The summed E-state index contributed by atoms with van der Waals surface area (Å²) in [6.45, 7) is 6.26.